The van der Waals surface area contributed by atoms with Crippen molar-refractivity contribution in [1.29, 1.82) is 0 Å². The summed E-state index contributed by atoms with van der Waals surface area (Å²) in [5, 5.41) is 9.70. The lowest BCUT2D eigenvalue weighted by Crippen LogP contribution is -2.38. The predicted octanol–water partition coefficient (Wildman–Crippen LogP) is 3.88. The third-order valence-corrected chi connectivity index (χ3v) is 4.17. The lowest BCUT2D eigenvalue weighted by atomic mass is 10.1. The average molecular weight is 376 g/mol. The molecule has 1 atom stereocenters. The van der Waals surface area contributed by atoms with Gasteiger partial charge in [0.15, 0.2) is 0 Å². The molecule has 0 aliphatic carbocycles. The maximum atomic E-state index is 13.5. The quantitative estimate of drug-likeness (QED) is 0.668. The van der Waals surface area contributed by atoms with Crippen LogP contribution in [-0.2, 0) is 6.18 Å². The summed E-state index contributed by atoms with van der Waals surface area (Å²) in [5.41, 5.74) is -0.0386. The molecule has 0 radical (unpaired) electrons. The summed E-state index contributed by atoms with van der Waals surface area (Å²) in [6, 6.07) is 10.3. The standard InChI is InChI=1S/C18H12F4N4O/c19-12-5-1-3-10(7-12)15-24-16-14(17(27)25-15)9-23-26(16)13-6-2-4-11(8-13)18(20,21)22/h1-9,15,24H,(H,25,27). The van der Waals surface area contributed by atoms with E-state index in [2.05, 4.69) is 15.7 Å². The molecule has 9 heteroatoms. The Morgan fingerprint density at radius 2 is 1.81 bits per heavy atom. The molecule has 1 aromatic heterocycles. The Kier molecular flexibility index (Phi) is 3.87. The largest absolute Gasteiger partial charge is 0.416 e. The SMILES string of the molecule is O=C1NC(c2cccc(F)c2)Nc2c1cnn2-c1cccc(C(F)(F)F)c1. The van der Waals surface area contributed by atoms with E-state index < -0.39 is 29.6 Å². The highest BCUT2D eigenvalue weighted by molar-refractivity contribution is 6.01. The molecule has 3 aromatic rings. The van der Waals surface area contributed by atoms with Crippen LogP contribution in [0.15, 0.2) is 54.7 Å². The number of fused-ring (bicyclic) bond motifs is 1. The van der Waals surface area contributed by atoms with Gasteiger partial charge in [-0.05, 0) is 35.9 Å². The Balaban J connectivity index is 1.75. The molecule has 2 aromatic carbocycles. The van der Waals surface area contributed by atoms with Crippen LogP contribution in [0.5, 0.6) is 0 Å². The lowest BCUT2D eigenvalue weighted by Gasteiger charge is -2.27. The van der Waals surface area contributed by atoms with Gasteiger partial charge in [0.25, 0.3) is 5.91 Å². The van der Waals surface area contributed by atoms with Crippen molar-refractivity contribution in [2.24, 2.45) is 0 Å². The van der Waals surface area contributed by atoms with E-state index in [-0.39, 0.29) is 17.1 Å². The number of hydrogen-bond acceptors (Lipinski definition) is 3. The van der Waals surface area contributed by atoms with Crippen molar-refractivity contribution in [1.82, 2.24) is 15.1 Å². The first-order valence-electron chi connectivity index (χ1n) is 7.91. The van der Waals surface area contributed by atoms with Gasteiger partial charge in [0.1, 0.15) is 23.4 Å². The van der Waals surface area contributed by atoms with E-state index in [4.69, 9.17) is 0 Å². The van der Waals surface area contributed by atoms with Crippen LogP contribution in [0.1, 0.15) is 27.7 Å². The van der Waals surface area contributed by atoms with Crippen molar-refractivity contribution in [3.8, 4) is 5.69 Å². The molecule has 2 heterocycles. The molecule has 138 valence electrons. The molecule has 1 unspecified atom stereocenters. The molecule has 0 spiro atoms. The summed E-state index contributed by atoms with van der Waals surface area (Å²) in [5.74, 6) is -0.704. The fraction of sp³-hybridized carbons (Fsp3) is 0.111. The second kappa shape index (κ2) is 6.11. The average Bonchev–Trinajstić information content (AvgIpc) is 3.06. The van der Waals surface area contributed by atoms with Crippen molar-refractivity contribution in [2.45, 2.75) is 12.3 Å². The van der Waals surface area contributed by atoms with Gasteiger partial charge < -0.3 is 10.6 Å². The Labute approximate surface area is 150 Å². The van der Waals surface area contributed by atoms with Gasteiger partial charge in [-0.1, -0.05) is 18.2 Å². The van der Waals surface area contributed by atoms with E-state index in [1.807, 2.05) is 0 Å². The number of halogens is 4. The number of hydrogen-bond donors (Lipinski definition) is 2. The van der Waals surface area contributed by atoms with Crippen LogP contribution >= 0.6 is 0 Å². The van der Waals surface area contributed by atoms with Crippen LogP contribution < -0.4 is 10.6 Å². The molecule has 1 amide bonds. The van der Waals surface area contributed by atoms with E-state index in [0.29, 0.717) is 5.56 Å². The minimum absolute atomic E-state index is 0.145. The number of carbonyl (C=O) groups excluding carboxylic acids is 1. The molecular formula is C18H12F4N4O. The fourth-order valence-electron chi connectivity index (χ4n) is 2.90. The summed E-state index contributed by atoms with van der Waals surface area (Å²) >= 11 is 0. The first-order valence-corrected chi connectivity index (χ1v) is 7.91. The minimum atomic E-state index is -4.50. The van der Waals surface area contributed by atoms with Crippen molar-refractivity contribution >= 4 is 11.7 Å². The number of benzene rings is 2. The van der Waals surface area contributed by atoms with Crippen LogP contribution in [0.2, 0.25) is 0 Å². The molecule has 2 N–H and O–H groups in total. The molecule has 0 saturated carbocycles. The molecule has 4 rings (SSSR count). The Morgan fingerprint density at radius 1 is 1.04 bits per heavy atom. The molecule has 0 fully saturated rings. The maximum Gasteiger partial charge on any atom is 0.416 e. The Bertz CT molecular complexity index is 1030. The second-order valence-corrected chi connectivity index (χ2v) is 5.97. The van der Waals surface area contributed by atoms with Crippen LogP contribution in [0.25, 0.3) is 5.69 Å². The van der Waals surface area contributed by atoms with Crippen LogP contribution in [0.3, 0.4) is 0 Å². The van der Waals surface area contributed by atoms with Gasteiger partial charge in [-0.2, -0.15) is 18.3 Å². The summed E-state index contributed by atoms with van der Waals surface area (Å²) in [6.07, 6.45) is -3.99. The zero-order valence-electron chi connectivity index (χ0n) is 13.6. The predicted molar refractivity (Wildman–Crippen MR) is 88.8 cm³/mol. The zero-order valence-corrected chi connectivity index (χ0v) is 13.6. The van der Waals surface area contributed by atoms with Gasteiger partial charge in [0.05, 0.1) is 17.4 Å². The summed E-state index contributed by atoms with van der Waals surface area (Å²) in [4.78, 5) is 12.3. The number of aromatic nitrogens is 2. The summed E-state index contributed by atoms with van der Waals surface area (Å²) < 4.78 is 53.7. The van der Waals surface area contributed by atoms with Crippen LogP contribution in [-0.4, -0.2) is 15.7 Å². The summed E-state index contributed by atoms with van der Waals surface area (Å²) in [7, 11) is 0. The highest BCUT2D eigenvalue weighted by Crippen LogP contribution is 2.33. The Hall–Kier alpha value is -3.36. The number of nitrogens with zero attached hydrogens (tertiary/aromatic N) is 2. The number of amides is 1. The monoisotopic (exact) mass is 376 g/mol. The topological polar surface area (TPSA) is 59.0 Å². The van der Waals surface area contributed by atoms with E-state index >= 15 is 0 Å². The maximum absolute atomic E-state index is 13.5. The normalized spacial score (nSPS) is 16.4. The van der Waals surface area contributed by atoms with E-state index in [9.17, 15) is 22.4 Å². The van der Waals surface area contributed by atoms with Crippen LogP contribution in [0.4, 0.5) is 23.4 Å². The highest BCUT2D eigenvalue weighted by atomic mass is 19.4. The molecule has 0 bridgehead atoms. The van der Waals surface area contributed by atoms with Crippen molar-refractivity contribution < 1.29 is 22.4 Å². The number of anilines is 1. The summed E-state index contributed by atoms with van der Waals surface area (Å²) in [6.45, 7) is 0. The zero-order chi connectivity index (χ0) is 19.2. The van der Waals surface area contributed by atoms with Gasteiger partial charge in [0.2, 0.25) is 0 Å². The van der Waals surface area contributed by atoms with Crippen molar-refractivity contribution in [3.05, 3.63) is 77.2 Å². The first-order chi connectivity index (χ1) is 12.8. The van der Waals surface area contributed by atoms with Crippen LogP contribution in [0, 0.1) is 5.82 Å². The molecule has 5 nitrogen and oxygen atoms in total. The van der Waals surface area contributed by atoms with E-state index in [1.54, 1.807) is 6.07 Å². The molecule has 1 aliphatic heterocycles. The molecule has 1 aliphatic rings. The molecular weight excluding hydrogens is 364 g/mol. The lowest BCUT2D eigenvalue weighted by molar-refractivity contribution is -0.137. The second-order valence-electron chi connectivity index (χ2n) is 5.97. The third kappa shape index (κ3) is 3.12. The first kappa shape index (κ1) is 17.1. The van der Waals surface area contributed by atoms with Gasteiger partial charge in [-0.25, -0.2) is 9.07 Å². The number of carbonyl (C=O) groups is 1. The number of alkyl halides is 3. The third-order valence-electron chi connectivity index (χ3n) is 4.17. The van der Waals surface area contributed by atoms with Gasteiger partial charge in [0, 0.05) is 0 Å². The van der Waals surface area contributed by atoms with Crippen molar-refractivity contribution in [2.75, 3.05) is 5.32 Å². The number of rotatable bonds is 2. The van der Waals surface area contributed by atoms with Crippen molar-refractivity contribution in [3.63, 3.8) is 0 Å². The smallest absolute Gasteiger partial charge is 0.345 e. The Morgan fingerprint density at radius 3 is 2.56 bits per heavy atom. The number of nitrogens with one attached hydrogen (secondary N) is 2. The van der Waals surface area contributed by atoms with E-state index in [1.165, 1.54) is 41.2 Å². The minimum Gasteiger partial charge on any atom is -0.345 e. The van der Waals surface area contributed by atoms with Gasteiger partial charge in [-0.3, -0.25) is 4.79 Å². The highest BCUT2D eigenvalue weighted by Gasteiger charge is 2.32. The fourth-order valence-corrected chi connectivity index (χ4v) is 2.90. The molecule has 27 heavy (non-hydrogen) atoms. The van der Waals surface area contributed by atoms with Gasteiger partial charge >= 0.3 is 6.18 Å². The van der Waals surface area contributed by atoms with E-state index in [0.717, 1.165) is 12.1 Å². The van der Waals surface area contributed by atoms with Gasteiger partial charge in [-0.15, -0.1) is 0 Å². The molecule has 0 saturated heterocycles.